The fourth-order valence-corrected chi connectivity index (χ4v) is 2.89. The molecule has 0 amide bonds. The standard InChI is InChI=1S/C18H13ClO4/c19-16-8-12(18(22)23)2-5-14(16)11-1-4-13-10(7-11)3-6-17(21)15(13)9-20/h1-8,20-21H,9H2,(H,22,23). The van der Waals surface area contributed by atoms with E-state index in [1.807, 2.05) is 12.1 Å². The lowest BCUT2D eigenvalue weighted by atomic mass is 9.97. The van der Waals surface area contributed by atoms with Gasteiger partial charge in [0, 0.05) is 16.1 Å². The zero-order valence-electron chi connectivity index (χ0n) is 12.0. The number of rotatable bonds is 3. The lowest BCUT2D eigenvalue weighted by Crippen LogP contribution is -1.96. The van der Waals surface area contributed by atoms with E-state index >= 15 is 0 Å². The molecular formula is C18H13ClO4. The number of halogens is 1. The SMILES string of the molecule is O=C(O)c1ccc(-c2ccc3c(CO)c(O)ccc3c2)c(Cl)c1. The normalized spacial score (nSPS) is 10.9. The van der Waals surface area contributed by atoms with Gasteiger partial charge in [-0.1, -0.05) is 35.9 Å². The summed E-state index contributed by atoms with van der Waals surface area (Å²) < 4.78 is 0. The number of aliphatic hydroxyl groups is 1. The van der Waals surface area contributed by atoms with Crippen LogP contribution < -0.4 is 0 Å². The van der Waals surface area contributed by atoms with Crippen molar-refractivity contribution in [2.75, 3.05) is 0 Å². The molecule has 0 aliphatic rings. The number of phenols is 1. The summed E-state index contributed by atoms with van der Waals surface area (Å²) in [7, 11) is 0. The van der Waals surface area contributed by atoms with Crippen molar-refractivity contribution in [1.82, 2.24) is 0 Å². The van der Waals surface area contributed by atoms with Crippen molar-refractivity contribution in [2.45, 2.75) is 6.61 Å². The molecule has 0 saturated heterocycles. The molecule has 3 aromatic rings. The number of aromatic hydroxyl groups is 1. The summed E-state index contributed by atoms with van der Waals surface area (Å²) >= 11 is 6.20. The predicted molar refractivity (Wildman–Crippen MR) is 88.9 cm³/mol. The van der Waals surface area contributed by atoms with Crippen LogP contribution in [0.2, 0.25) is 5.02 Å². The van der Waals surface area contributed by atoms with Gasteiger partial charge in [0.15, 0.2) is 0 Å². The number of carboxylic acids is 1. The largest absolute Gasteiger partial charge is 0.508 e. The van der Waals surface area contributed by atoms with Gasteiger partial charge < -0.3 is 15.3 Å². The molecule has 23 heavy (non-hydrogen) atoms. The summed E-state index contributed by atoms with van der Waals surface area (Å²) in [5.74, 6) is -0.975. The van der Waals surface area contributed by atoms with Crippen LogP contribution in [0.1, 0.15) is 15.9 Å². The van der Waals surface area contributed by atoms with Gasteiger partial charge in [0.1, 0.15) is 5.75 Å². The quantitative estimate of drug-likeness (QED) is 0.677. The molecule has 0 fully saturated rings. The molecule has 0 aliphatic heterocycles. The summed E-state index contributed by atoms with van der Waals surface area (Å²) in [5, 5.41) is 30.1. The maximum Gasteiger partial charge on any atom is 0.335 e. The Morgan fingerprint density at radius 2 is 1.83 bits per heavy atom. The van der Waals surface area contributed by atoms with Crippen LogP contribution in [0.3, 0.4) is 0 Å². The average molecular weight is 329 g/mol. The number of carbonyl (C=O) groups is 1. The maximum atomic E-state index is 11.0. The Morgan fingerprint density at radius 1 is 1.04 bits per heavy atom. The first-order valence-corrected chi connectivity index (χ1v) is 7.27. The summed E-state index contributed by atoms with van der Waals surface area (Å²) in [4.78, 5) is 11.0. The number of benzene rings is 3. The summed E-state index contributed by atoms with van der Waals surface area (Å²) in [5.41, 5.74) is 2.15. The third kappa shape index (κ3) is 2.74. The van der Waals surface area contributed by atoms with E-state index in [1.165, 1.54) is 18.2 Å². The molecule has 0 heterocycles. The van der Waals surface area contributed by atoms with Crippen LogP contribution in [-0.4, -0.2) is 21.3 Å². The smallest absolute Gasteiger partial charge is 0.335 e. The molecule has 3 rings (SSSR count). The number of hydrogen-bond acceptors (Lipinski definition) is 3. The van der Waals surface area contributed by atoms with Crippen LogP contribution in [0.25, 0.3) is 21.9 Å². The van der Waals surface area contributed by atoms with E-state index in [9.17, 15) is 15.0 Å². The Labute approximate surface area is 137 Å². The molecule has 0 unspecified atom stereocenters. The third-order valence-electron chi connectivity index (χ3n) is 3.79. The number of aliphatic hydroxyl groups excluding tert-OH is 1. The van der Waals surface area contributed by atoms with Crippen molar-refractivity contribution in [3.05, 3.63) is 64.7 Å². The summed E-state index contributed by atoms with van der Waals surface area (Å²) in [6.07, 6.45) is 0. The van der Waals surface area contributed by atoms with Crippen LogP contribution in [-0.2, 0) is 6.61 Å². The molecule has 0 saturated carbocycles. The van der Waals surface area contributed by atoms with Gasteiger partial charge in [0.25, 0.3) is 0 Å². The van der Waals surface area contributed by atoms with Gasteiger partial charge in [0.05, 0.1) is 12.2 Å². The van der Waals surface area contributed by atoms with E-state index in [-0.39, 0.29) is 17.9 Å². The first-order chi connectivity index (χ1) is 11.0. The number of hydrogen-bond donors (Lipinski definition) is 3. The van der Waals surface area contributed by atoms with Crippen LogP contribution in [0, 0.1) is 0 Å². The summed E-state index contributed by atoms with van der Waals surface area (Å²) in [6, 6.07) is 13.4. The van der Waals surface area contributed by atoms with E-state index in [1.54, 1.807) is 18.2 Å². The fraction of sp³-hybridized carbons (Fsp3) is 0.0556. The minimum atomic E-state index is -1.03. The Morgan fingerprint density at radius 3 is 2.48 bits per heavy atom. The van der Waals surface area contributed by atoms with Crippen molar-refractivity contribution in [3.63, 3.8) is 0 Å². The second kappa shape index (κ2) is 5.91. The van der Waals surface area contributed by atoms with Gasteiger partial charge in [0.2, 0.25) is 0 Å². The Kier molecular flexibility index (Phi) is 3.94. The first-order valence-electron chi connectivity index (χ1n) is 6.90. The van der Waals surface area contributed by atoms with Crippen molar-refractivity contribution < 1.29 is 20.1 Å². The first kappa shape index (κ1) is 15.3. The predicted octanol–water partition coefficient (Wildman–Crippen LogP) is 4.06. The zero-order chi connectivity index (χ0) is 16.6. The second-order valence-corrected chi connectivity index (χ2v) is 5.56. The van der Waals surface area contributed by atoms with E-state index < -0.39 is 5.97 Å². The molecule has 0 atom stereocenters. The fourth-order valence-electron chi connectivity index (χ4n) is 2.60. The van der Waals surface area contributed by atoms with E-state index in [0.717, 1.165) is 21.9 Å². The minimum Gasteiger partial charge on any atom is -0.508 e. The monoisotopic (exact) mass is 328 g/mol. The number of aromatic carboxylic acids is 1. The molecule has 0 spiro atoms. The van der Waals surface area contributed by atoms with Crippen LogP contribution in [0.15, 0.2) is 48.5 Å². The maximum absolute atomic E-state index is 11.0. The topological polar surface area (TPSA) is 77.8 Å². The van der Waals surface area contributed by atoms with Gasteiger partial charge in [-0.25, -0.2) is 4.79 Å². The van der Waals surface area contributed by atoms with Gasteiger partial charge in [-0.15, -0.1) is 0 Å². The third-order valence-corrected chi connectivity index (χ3v) is 4.10. The van der Waals surface area contributed by atoms with Gasteiger partial charge >= 0.3 is 5.97 Å². The van der Waals surface area contributed by atoms with Gasteiger partial charge in [-0.05, 0) is 40.6 Å². The molecule has 0 radical (unpaired) electrons. The molecule has 0 aromatic heterocycles. The van der Waals surface area contributed by atoms with Crippen LogP contribution >= 0.6 is 11.6 Å². The van der Waals surface area contributed by atoms with Crippen molar-refractivity contribution in [2.24, 2.45) is 0 Å². The van der Waals surface area contributed by atoms with Gasteiger partial charge in [-0.2, -0.15) is 0 Å². The molecule has 5 heteroatoms. The highest BCUT2D eigenvalue weighted by Gasteiger charge is 2.11. The zero-order valence-corrected chi connectivity index (χ0v) is 12.7. The lowest BCUT2D eigenvalue weighted by Gasteiger charge is -2.10. The Hall–Kier alpha value is -2.56. The van der Waals surface area contributed by atoms with E-state index in [2.05, 4.69) is 0 Å². The number of fused-ring (bicyclic) bond motifs is 1. The average Bonchev–Trinajstić information content (AvgIpc) is 2.54. The Balaban J connectivity index is 2.14. The highest BCUT2D eigenvalue weighted by molar-refractivity contribution is 6.33. The van der Waals surface area contributed by atoms with Crippen LogP contribution in [0.5, 0.6) is 5.75 Å². The van der Waals surface area contributed by atoms with E-state index in [4.69, 9.17) is 16.7 Å². The second-order valence-electron chi connectivity index (χ2n) is 5.16. The molecule has 3 N–H and O–H groups in total. The van der Waals surface area contributed by atoms with Gasteiger partial charge in [-0.3, -0.25) is 0 Å². The van der Waals surface area contributed by atoms with Crippen molar-refractivity contribution in [3.8, 4) is 16.9 Å². The lowest BCUT2D eigenvalue weighted by molar-refractivity contribution is 0.0697. The molecule has 0 bridgehead atoms. The molecule has 0 aliphatic carbocycles. The minimum absolute atomic E-state index is 0.0524. The van der Waals surface area contributed by atoms with Crippen molar-refractivity contribution >= 4 is 28.3 Å². The highest BCUT2D eigenvalue weighted by Crippen LogP contribution is 2.34. The molecule has 4 nitrogen and oxygen atoms in total. The Bertz CT molecular complexity index is 918. The van der Waals surface area contributed by atoms with E-state index in [0.29, 0.717) is 10.6 Å². The van der Waals surface area contributed by atoms with Crippen LogP contribution in [0.4, 0.5) is 0 Å². The summed E-state index contributed by atoms with van der Waals surface area (Å²) in [6.45, 7) is -0.253. The highest BCUT2D eigenvalue weighted by atomic mass is 35.5. The van der Waals surface area contributed by atoms with Crippen molar-refractivity contribution in [1.29, 1.82) is 0 Å². The molecule has 3 aromatic carbocycles. The molecule has 116 valence electrons. The molecular weight excluding hydrogens is 316 g/mol. The number of carboxylic acid groups (broad SMARTS) is 1.